The number of likely N-dealkylation sites (N-methyl/N-ethyl adjacent to an activating group) is 1. The summed E-state index contributed by atoms with van der Waals surface area (Å²) < 4.78 is 5.69. The minimum atomic E-state index is -0.0108. The van der Waals surface area contributed by atoms with Crippen LogP contribution >= 0.6 is 23.2 Å². The molecule has 3 nitrogen and oxygen atoms in total. The van der Waals surface area contributed by atoms with E-state index in [1.807, 2.05) is 12.1 Å². The van der Waals surface area contributed by atoms with Gasteiger partial charge in [-0.3, -0.25) is 4.90 Å². The molecule has 0 aromatic heterocycles. The SMILES string of the molecule is CN1CCOC(CN)C1c1cc(Cl)cc(Cl)c1. The third kappa shape index (κ3) is 2.92. The Morgan fingerprint density at radius 3 is 2.59 bits per heavy atom. The molecule has 0 spiro atoms. The fourth-order valence-electron chi connectivity index (χ4n) is 2.27. The highest BCUT2D eigenvalue weighted by Crippen LogP contribution is 2.31. The zero-order chi connectivity index (χ0) is 12.4. The zero-order valence-electron chi connectivity index (χ0n) is 9.70. The van der Waals surface area contributed by atoms with Crippen molar-refractivity contribution in [2.45, 2.75) is 12.1 Å². The predicted molar refractivity (Wildman–Crippen MR) is 70.6 cm³/mol. The number of nitrogens with two attached hydrogens (primary N) is 1. The van der Waals surface area contributed by atoms with Crippen LogP contribution in [0.15, 0.2) is 18.2 Å². The number of hydrogen-bond acceptors (Lipinski definition) is 3. The molecule has 1 saturated heterocycles. The van der Waals surface area contributed by atoms with Gasteiger partial charge in [0.05, 0.1) is 18.8 Å². The lowest BCUT2D eigenvalue weighted by Crippen LogP contribution is -2.46. The molecule has 1 aromatic carbocycles. The highest BCUT2D eigenvalue weighted by molar-refractivity contribution is 6.34. The van der Waals surface area contributed by atoms with Gasteiger partial charge >= 0.3 is 0 Å². The summed E-state index contributed by atoms with van der Waals surface area (Å²) in [6, 6.07) is 5.69. The Bertz CT molecular complexity index is 380. The van der Waals surface area contributed by atoms with Gasteiger partial charge in [0.2, 0.25) is 0 Å². The third-order valence-corrected chi connectivity index (χ3v) is 3.50. The molecule has 0 aliphatic carbocycles. The van der Waals surface area contributed by atoms with Crippen LogP contribution in [0.4, 0.5) is 0 Å². The van der Waals surface area contributed by atoms with Crippen LogP contribution in [0.3, 0.4) is 0 Å². The average Bonchev–Trinajstić information content (AvgIpc) is 2.27. The lowest BCUT2D eigenvalue weighted by Gasteiger charge is -2.39. The molecule has 5 heteroatoms. The number of ether oxygens (including phenoxy) is 1. The summed E-state index contributed by atoms with van der Waals surface area (Å²) in [5, 5.41) is 1.28. The maximum atomic E-state index is 6.03. The van der Waals surface area contributed by atoms with Crippen LogP contribution in [0.25, 0.3) is 0 Å². The van der Waals surface area contributed by atoms with Gasteiger partial charge in [-0.1, -0.05) is 23.2 Å². The first-order valence-electron chi connectivity index (χ1n) is 5.59. The van der Waals surface area contributed by atoms with E-state index in [2.05, 4.69) is 11.9 Å². The lowest BCUT2D eigenvalue weighted by atomic mass is 9.98. The van der Waals surface area contributed by atoms with Crippen LogP contribution in [-0.4, -0.2) is 37.7 Å². The smallest absolute Gasteiger partial charge is 0.0894 e. The van der Waals surface area contributed by atoms with Crippen molar-refractivity contribution >= 4 is 23.2 Å². The average molecular weight is 275 g/mol. The van der Waals surface area contributed by atoms with Crippen LogP contribution in [0.2, 0.25) is 10.0 Å². The maximum Gasteiger partial charge on any atom is 0.0894 e. The summed E-state index contributed by atoms with van der Waals surface area (Å²) >= 11 is 12.1. The zero-order valence-corrected chi connectivity index (χ0v) is 11.2. The van der Waals surface area contributed by atoms with Crippen LogP contribution in [0.1, 0.15) is 11.6 Å². The van der Waals surface area contributed by atoms with Gasteiger partial charge in [-0.15, -0.1) is 0 Å². The summed E-state index contributed by atoms with van der Waals surface area (Å²) in [5.41, 5.74) is 6.81. The molecule has 2 unspecified atom stereocenters. The normalized spacial score (nSPS) is 26.1. The highest BCUT2D eigenvalue weighted by Gasteiger charge is 2.30. The van der Waals surface area contributed by atoms with E-state index >= 15 is 0 Å². The first-order chi connectivity index (χ1) is 8.11. The van der Waals surface area contributed by atoms with Crippen LogP contribution in [-0.2, 0) is 4.74 Å². The molecular formula is C12H16Cl2N2O. The summed E-state index contributed by atoms with van der Waals surface area (Å²) in [4.78, 5) is 2.23. The molecule has 2 atom stereocenters. The van der Waals surface area contributed by atoms with Gasteiger partial charge in [0.15, 0.2) is 0 Å². The molecule has 1 aliphatic rings. The molecule has 1 heterocycles. The van der Waals surface area contributed by atoms with Crippen molar-refractivity contribution in [1.29, 1.82) is 0 Å². The fourth-order valence-corrected chi connectivity index (χ4v) is 2.82. The van der Waals surface area contributed by atoms with Crippen molar-refractivity contribution in [2.75, 3.05) is 26.7 Å². The van der Waals surface area contributed by atoms with E-state index in [4.69, 9.17) is 33.7 Å². The van der Waals surface area contributed by atoms with Crippen LogP contribution in [0.5, 0.6) is 0 Å². The van der Waals surface area contributed by atoms with E-state index in [0.29, 0.717) is 23.2 Å². The van der Waals surface area contributed by atoms with E-state index in [1.54, 1.807) is 6.07 Å². The van der Waals surface area contributed by atoms with E-state index in [-0.39, 0.29) is 12.1 Å². The largest absolute Gasteiger partial charge is 0.374 e. The lowest BCUT2D eigenvalue weighted by molar-refractivity contribution is -0.0576. The summed E-state index contributed by atoms with van der Waals surface area (Å²) in [6.45, 7) is 2.08. The molecule has 0 saturated carbocycles. The molecule has 1 aliphatic heterocycles. The number of nitrogens with zero attached hydrogens (tertiary/aromatic N) is 1. The second-order valence-corrected chi connectivity index (χ2v) is 5.15. The van der Waals surface area contributed by atoms with Gasteiger partial charge < -0.3 is 10.5 Å². The molecule has 0 radical (unpaired) electrons. The molecule has 17 heavy (non-hydrogen) atoms. The Kier molecular flexibility index (Phi) is 4.28. The fraction of sp³-hybridized carbons (Fsp3) is 0.500. The van der Waals surface area contributed by atoms with Gasteiger partial charge in [0.25, 0.3) is 0 Å². The highest BCUT2D eigenvalue weighted by atomic mass is 35.5. The third-order valence-electron chi connectivity index (χ3n) is 3.06. The van der Waals surface area contributed by atoms with Crippen molar-refractivity contribution in [2.24, 2.45) is 5.73 Å². The molecule has 0 amide bonds. The molecule has 0 bridgehead atoms. The number of hydrogen-bond donors (Lipinski definition) is 1. The number of benzene rings is 1. The molecule has 2 rings (SSSR count). The second-order valence-electron chi connectivity index (χ2n) is 4.27. The Balaban J connectivity index is 2.34. The standard InChI is InChI=1S/C12H16Cl2N2O/c1-16-2-3-17-11(7-15)12(16)8-4-9(13)6-10(14)5-8/h4-6,11-12H,2-3,7,15H2,1H3. The van der Waals surface area contributed by atoms with E-state index < -0.39 is 0 Å². The quantitative estimate of drug-likeness (QED) is 0.900. The van der Waals surface area contributed by atoms with Crippen molar-refractivity contribution in [3.8, 4) is 0 Å². The Morgan fingerprint density at radius 2 is 2.00 bits per heavy atom. The Hall–Kier alpha value is -0.320. The van der Waals surface area contributed by atoms with Gasteiger partial charge in [-0.2, -0.15) is 0 Å². The van der Waals surface area contributed by atoms with Gasteiger partial charge in [-0.05, 0) is 30.8 Å². The van der Waals surface area contributed by atoms with Gasteiger partial charge in [0.1, 0.15) is 0 Å². The van der Waals surface area contributed by atoms with Crippen molar-refractivity contribution in [3.05, 3.63) is 33.8 Å². The maximum absolute atomic E-state index is 6.03. The van der Waals surface area contributed by atoms with E-state index in [1.165, 1.54) is 0 Å². The molecule has 94 valence electrons. The van der Waals surface area contributed by atoms with Crippen molar-refractivity contribution in [1.82, 2.24) is 4.90 Å². The minimum Gasteiger partial charge on any atom is -0.374 e. The topological polar surface area (TPSA) is 38.5 Å². The Morgan fingerprint density at radius 1 is 1.35 bits per heavy atom. The molecule has 2 N–H and O–H groups in total. The molecular weight excluding hydrogens is 259 g/mol. The minimum absolute atomic E-state index is 0.0108. The second kappa shape index (κ2) is 5.55. The van der Waals surface area contributed by atoms with E-state index in [9.17, 15) is 0 Å². The van der Waals surface area contributed by atoms with Gasteiger partial charge in [-0.25, -0.2) is 0 Å². The predicted octanol–water partition coefficient (Wildman–Crippen LogP) is 2.32. The Labute approximate surface area is 111 Å². The van der Waals surface area contributed by atoms with Crippen LogP contribution in [0, 0.1) is 0 Å². The summed E-state index contributed by atoms with van der Waals surface area (Å²) in [5.74, 6) is 0. The number of rotatable bonds is 2. The first kappa shape index (κ1) is 13.1. The van der Waals surface area contributed by atoms with Gasteiger partial charge in [0, 0.05) is 23.1 Å². The van der Waals surface area contributed by atoms with Crippen molar-refractivity contribution in [3.63, 3.8) is 0 Å². The number of halogens is 2. The molecule has 1 fully saturated rings. The number of morpholine rings is 1. The van der Waals surface area contributed by atoms with E-state index in [0.717, 1.165) is 12.1 Å². The van der Waals surface area contributed by atoms with Crippen LogP contribution < -0.4 is 5.73 Å². The molecule has 1 aromatic rings. The monoisotopic (exact) mass is 274 g/mol. The first-order valence-corrected chi connectivity index (χ1v) is 6.35. The summed E-state index contributed by atoms with van der Waals surface area (Å²) in [7, 11) is 2.06. The summed E-state index contributed by atoms with van der Waals surface area (Å²) in [6.07, 6.45) is -0.0108. The van der Waals surface area contributed by atoms with Crippen molar-refractivity contribution < 1.29 is 4.74 Å².